The summed E-state index contributed by atoms with van der Waals surface area (Å²) in [5, 5.41) is 11.1. The lowest BCUT2D eigenvalue weighted by Crippen LogP contribution is -1.94. The first-order chi connectivity index (χ1) is 7.79. The molecule has 0 aliphatic rings. The van der Waals surface area contributed by atoms with Crippen LogP contribution in [0, 0.1) is 18.3 Å². The Morgan fingerprint density at radius 3 is 2.81 bits per heavy atom. The Balaban J connectivity index is 2.15. The van der Waals surface area contributed by atoms with Crippen molar-refractivity contribution in [2.75, 3.05) is 0 Å². The van der Waals surface area contributed by atoms with Crippen molar-refractivity contribution in [1.29, 1.82) is 5.26 Å². The van der Waals surface area contributed by atoms with Crippen molar-refractivity contribution in [1.82, 2.24) is 0 Å². The van der Waals surface area contributed by atoms with Gasteiger partial charge in [0.05, 0.1) is 11.6 Å². The highest BCUT2D eigenvalue weighted by Crippen LogP contribution is 2.16. The lowest BCUT2D eigenvalue weighted by Gasteiger charge is -2.04. The number of nitrogens with zero attached hydrogens (tertiary/aromatic N) is 1. The van der Waals surface area contributed by atoms with Crippen LogP contribution in [0.4, 0.5) is 0 Å². The maximum Gasteiger partial charge on any atom is 0.0994 e. The lowest BCUT2D eigenvalue weighted by molar-refractivity contribution is 0.973. The van der Waals surface area contributed by atoms with E-state index in [1.807, 2.05) is 12.1 Å². The zero-order chi connectivity index (χ0) is 11.4. The standard InChI is InChI=1S/C14H13NS/c1-11-4-5-13(10-15)12(9-11)6-7-14-3-2-8-16-14/h2-5,8-9H,6-7H2,1H3. The summed E-state index contributed by atoms with van der Waals surface area (Å²) in [5.74, 6) is 0. The predicted octanol–water partition coefficient (Wildman–Crippen LogP) is 3.71. The Labute approximate surface area is 100.0 Å². The molecule has 0 fully saturated rings. The summed E-state index contributed by atoms with van der Waals surface area (Å²) in [6, 6.07) is 12.5. The normalized spacial score (nSPS) is 10.0. The van der Waals surface area contributed by atoms with E-state index in [9.17, 15) is 0 Å². The van der Waals surface area contributed by atoms with Gasteiger partial charge >= 0.3 is 0 Å². The number of hydrogen-bond donors (Lipinski definition) is 0. The Morgan fingerprint density at radius 2 is 2.12 bits per heavy atom. The molecule has 2 rings (SSSR count). The van der Waals surface area contributed by atoms with E-state index in [0.29, 0.717) is 0 Å². The third-order valence-electron chi connectivity index (χ3n) is 2.60. The van der Waals surface area contributed by atoms with E-state index >= 15 is 0 Å². The third kappa shape index (κ3) is 2.50. The smallest absolute Gasteiger partial charge is 0.0994 e. The van der Waals surface area contributed by atoms with Crippen molar-refractivity contribution in [2.24, 2.45) is 0 Å². The quantitative estimate of drug-likeness (QED) is 0.784. The minimum absolute atomic E-state index is 0.808. The molecule has 1 heterocycles. The van der Waals surface area contributed by atoms with E-state index in [1.54, 1.807) is 11.3 Å². The fourth-order valence-electron chi connectivity index (χ4n) is 1.75. The van der Waals surface area contributed by atoms with Gasteiger partial charge in [-0.2, -0.15) is 5.26 Å². The van der Waals surface area contributed by atoms with Crippen LogP contribution in [-0.4, -0.2) is 0 Å². The second-order valence-electron chi connectivity index (χ2n) is 3.85. The zero-order valence-corrected chi connectivity index (χ0v) is 10.1. The van der Waals surface area contributed by atoms with E-state index in [2.05, 4.69) is 36.6 Å². The summed E-state index contributed by atoms with van der Waals surface area (Å²) in [4.78, 5) is 1.38. The van der Waals surface area contributed by atoms with Gasteiger partial charge in [-0.15, -0.1) is 11.3 Å². The van der Waals surface area contributed by atoms with Crippen LogP contribution in [0.3, 0.4) is 0 Å². The fourth-order valence-corrected chi connectivity index (χ4v) is 2.46. The average molecular weight is 227 g/mol. The molecule has 0 amide bonds. The van der Waals surface area contributed by atoms with Crippen molar-refractivity contribution >= 4 is 11.3 Å². The van der Waals surface area contributed by atoms with Crippen molar-refractivity contribution < 1.29 is 0 Å². The average Bonchev–Trinajstić information content (AvgIpc) is 2.79. The molecule has 0 saturated heterocycles. The van der Waals surface area contributed by atoms with Crippen LogP contribution in [-0.2, 0) is 12.8 Å². The zero-order valence-electron chi connectivity index (χ0n) is 9.23. The van der Waals surface area contributed by atoms with Crippen LogP contribution < -0.4 is 0 Å². The van der Waals surface area contributed by atoms with E-state index in [1.165, 1.54) is 10.4 Å². The summed E-state index contributed by atoms with van der Waals surface area (Å²) in [6.45, 7) is 2.07. The molecule has 0 radical (unpaired) electrons. The van der Waals surface area contributed by atoms with Gasteiger partial charge in [0.15, 0.2) is 0 Å². The van der Waals surface area contributed by atoms with Crippen LogP contribution in [0.2, 0.25) is 0 Å². The number of benzene rings is 1. The molecule has 0 saturated carbocycles. The Hall–Kier alpha value is -1.59. The second kappa shape index (κ2) is 4.96. The summed E-state index contributed by atoms with van der Waals surface area (Å²) in [7, 11) is 0. The van der Waals surface area contributed by atoms with Crippen molar-refractivity contribution in [2.45, 2.75) is 19.8 Å². The number of hydrogen-bond acceptors (Lipinski definition) is 2. The van der Waals surface area contributed by atoms with Gasteiger partial charge in [0, 0.05) is 4.88 Å². The van der Waals surface area contributed by atoms with Gasteiger partial charge in [-0.3, -0.25) is 0 Å². The Morgan fingerprint density at radius 1 is 1.25 bits per heavy atom. The van der Waals surface area contributed by atoms with E-state index in [-0.39, 0.29) is 0 Å². The van der Waals surface area contributed by atoms with E-state index in [4.69, 9.17) is 5.26 Å². The van der Waals surface area contributed by atoms with Crippen LogP contribution in [0.25, 0.3) is 0 Å². The van der Waals surface area contributed by atoms with Gasteiger partial charge in [-0.25, -0.2) is 0 Å². The molecular weight excluding hydrogens is 214 g/mol. The number of nitriles is 1. The van der Waals surface area contributed by atoms with Gasteiger partial charge in [0.1, 0.15) is 0 Å². The molecule has 0 unspecified atom stereocenters. The monoisotopic (exact) mass is 227 g/mol. The molecule has 2 heteroatoms. The van der Waals surface area contributed by atoms with Gasteiger partial charge < -0.3 is 0 Å². The summed E-state index contributed by atoms with van der Waals surface area (Å²) in [6.07, 6.45) is 1.97. The number of aryl methyl sites for hydroxylation is 3. The Kier molecular flexibility index (Phi) is 3.38. The third-order valence-corrected chi connectivity index (χ3v) is 3.54. The molecule has 1 aromatic heterocycles. The van der Waals surface area contributed by atoms with Crippen molar-refractivity contribution in [3.05, 3.63) is 57.3 Å². The van der Waals surface area contributed by atoms with Crippen LogP contribution in [0.1, 0.15) is 21.6 Å². The van der Waals surface area contributed by atoms with Crippen LogP contribution >= 0.6 is 11.3 Å². The Bertz CT molecular complexity index is 506. The minimum atomic E-state index is 0.808. The largest absolute Gasteiger partial charge is 0.192 e. The minimum Gasteiger partial charge on any atom is -0.192 e. The summed E-state index contributed by atoms with van der Waals surface area (Å²) in [5.41, 5.74) is 3.19. The molecule has 0 bridgehead atoms. The molecule has 0 N–H and O–H groups in total. The van der Waals surface area contributed by atoms with Crippen molar-refractivity contribution in [3.63, 3.8) is 0 Å². The second-order valence-corrected chi connectivity index (χ2v) is 4.88. The maximum absolute atomic E-state index is 9.02. The highest BCUT2D eigenvalue weighted by Gasteiger charge is 2.03. The molecular formula is C14H13NS. The fraction of sp³-hybridized carbons (Fsp3) is 0.214. The summed E-state index contributed by atoms with van der Waals surface area (Å²) < 4.78 is 0. The van der Waals surface area contributed by atoms with Crippen LogP contribution in [0.15, 0.2) is 35.7 Å². The molecule has 0 atom stereocenters. The highest BCUT2D eigenvalue weighted by molar-refractivity contribution is 7.09. The van der Waals surface area contributed by atoms with Gasteiger partial charge in [-0.05, 0) is 42.8 Å². The predicted molar refractivity (Wildman–Crippen MR) is 67.6 cm³/mol. The molecule has 0 aliphatic heterocycles. The van der Waals surface area contributed by atoms with Gasteiger partial charge in [0.25, 0.3) is 0 Å². The SMILES string of the molecule is Cc1ccc(C#N)c(CCc2cccs2)c1. The maximum atomic E-state index is 9.02. The van der Waals surface area contributed by atoms with Crippen molar-refractivity contribution in [3.8, 4) is 6.07 Å². The molecule has 0 spiro atoms. The van der Waals surface area contributed by atoms with E-state index < -0.39 is 0 Å². The lowest BCUT2D eigenvalue weighted by atomic mass is 10.0. The van der Waals surface area contributed by atoms with Crippen LogP contribution in [0.5, 0.6) is 0 Å². The molecule has 1 nitrogen and oxygen atoms in total. The molecule has 0 aliphatic carbocycles. The molecule has 80 valence electrons. The molecule has 2 aromatic rings. The molecule has 1 aromatic carbocycles. The highest BCUT2D eigenvalue weighted by atomic mass is 32.1. The topological polar surface area (TPSA) is 23.8 Å². The first-order valence-corrected chi connectivity index (χ1v) is 6.19. The number of rotatable bonds is 3. The number of thiophene rings is 1. The first-order valence-electron chi connectivity index (χ1n) is 5.31. The molecule has 16 heavy (non-hydrogen) atoms. The van der Waals surface area contributed by atoms with E-state index in [0.717, 1.165) is 24.0 Å². The first kappa shape index (κ1) is 10.9. The van der Waals surface area contributed by atoms with Gasteiger partial charge in [-0.1, -0.05) is 23.8 Å². The summed E-state index contributed by atoms with van der Waals surface area (Å²) >= 11 is 1.78. The van der Waals surface area contributed by atoms with Gasteiger partial charge in [0.2, 0.25) is 0 Å².